The lowest BCUT2D eigenvalue weighted by Crippen LogP contribution is -2.38. The molecule has 1 aliphatic heterocycles. The van der Waals surface area contributed by atoms with E-state index in [1.165, 1.54) is 5.75 Å². The highest BCUT2D eigenvalue weighted by atomic mass is 32.2. The van der Waals surface area contributed by atoms with Crippen molar-refractivity contribution in [2.24, 2.45) is 0 Å². The van der Waals surface area contributed by atoms with Gasteiger partial charge in [0.2, 0.25) is 11.9 Å². The summed E-state index contributed by atoms with van der Waals surface area (Å²) in [5.41, 5.74) is 1.14. The van der Waals surface area contributed by atoms with Gasteiger partial charge in [0.05, 0.1) is 13.1 Å². The molecule has 0 bridgehead atoms. The van der Waals surface area contributed by atoms with Gasteiger partial charge in [0, 0.05) is 11.8 Å². The number of hydrogen-bond donors (Lipinski definition) is 1. The van der Waals surface area contributed by atoms with Crippen LogP contribution in [0, 0.1) is 0 Å². The Morgan fingerprint density at radius 2 is 2.26 bits per heavy atom. The fourth-order valence-corrected chi connectivity index (χ4v) is 3.94. The number of aromatic nitrogens is 3. The molecule has 1 aliphatic rings. The number of thioether (sulfide) groups is 1. The lowest BCUT2D eigenvalue weighted by molar-refractivity contribution is -0.117. The van der Waals surface area contributed by atoms with Crippen LogP contribution in [-0.2, 0) is 11.3 Å². The van der Waals surface area contributed by atoms with Crippen LogP contribution < -0.4 is 5.32 Å². The van der Waals surface area contributed by atoms with Crippen molar-refractivity contribution in [1.82, 2.24) is 19.7 Å². The Kier molecular flexibility index (Phi) is 5.30. The highest BCUT2D eigenvalue weighted by molar-refractivity contribution is 7.99. The number of anilines is 1. The van der Waals surface area contributed by atoms with Gasteiger partial charge in [-0.2, -0.15) is 11.8 Å². The van der Waals surface area contributed by atoms with E-state index in [1.54, 1.807) is 6.33 Å². The summed E-state index contributed by atoms with van der Waals surface area (Å²) in [5.74, 6) is 2.73. The summed E-state index contributed by atoms with van der Waals surface area (Å²) in [6, 6.07) is 10.5. The average molecular weight is 331 g/mol. The first kappa shape index (κ1) is 16.0. The third-order valence-corrected chi connectivity index (χ3v) is 5.13. The lowest BCUT2D eigenvalue weighted by atomic mass is 10.2. The van der Waals surface area contributed by atoms with Crippen LogP contribution in [-0.4, -0.2) is 56.7 Å². The van der Waals surface area contributed by atoms with Crippen LogP contribution in [0.25, 0.3) is 0 Å². The molecule has 23 heavy (non-hydrogen) atoms. The third-order valence-electron chi connectivity index (χ3n) is 3.98. The molecule has 1 N–H and O–H groups in total. The molecule has 122 valence electrons. The van der Waals surface area contributed by atoms with Gasteiger partial charge in [-0.1, -0.05) is 30.3 Å². The predicted octanol–water partition coefficient (Wildman–Crippen LogP) is 1.70. The van der Waals surface area contributed by atoms with Crippen molar-refractivity contribution in [2.45, 2.75) is 19.0 Å². The predicted molar refractivity (Wildman–Crippen MR) is 92.6 cm³/mol. The number of nitrogens with zero attached hydrogens (tertiary/aromatic N) is 4. The summed E-state index contributed by atoms with van der Waals surface area (Å²) in [6.45, 7) is 1.02. The maximum atomic E-state index is 12.2. The first-order valence-corrected chi connectivity index (χ1v) is 8.87. The standard InChI is InChI=1S/C16H21N5OS/c1-20(14-7-8-23-11-14)10-15(22)18-16-19-17-12-21(16)9-13-5-3-2-4-6-13/h2-6,12,14H,7-11H2,1H3,(H,18,19,22). The molecule has 1 saturated heterocycles. The molecule has 2 aromatic rings. The van der Waals surface area contributed by atoms with Crippen molar-refractivity contribution in [3.05, 3.63) is 42.2 Å². The Balaban J connectivity index is 1.57. The number of benzene rings is 1. The van der Waals surface area contributed by atoms with Crippen molar-refractivity contribution in [1.29, 1.82) is 0 Å². The fraction of sp³-hybridized carbons (Fsp3) is 0.438. The third kappa shape index (κ3) is 4.33. The molecule has 1 fully saturated rings. The molecule has 7 heteroatoms. The Hall–Kier alpha value is -1.86. The van der Waals surface area contributed by atoms with E-state index in [1.807, 2.05) is 53.7 Å². The number of hydrogen-bond acceptors (Lipinski definition) is 5. The summed E-state index contributed by atoms with van der Waals surface area (Å²) in [7, 11) is 2.00. The Morgan fingerprint density at radius 3 is 3.00 bits per heavy atom. The minimum Gasteiger partial charge on any atom is -0.295 e. The van der Waals surface area contributed by atoms with Gasteiger partial charge in [-0.3, -0.25) is 19.6 Å². The SMILES string of the molecule is CN(CC(=O)Nc1nncn1Cc1ccccc1)C1CCSC1. The highest BCUT2D eigenvalue weighted by Crippen LogP contribution is 2.21. The van der Waals surface area contributed by atoms with Gasteiger partial charge in [0.15, 0.2) is 0 Å². The minimum absolute atomic E-state index is 0.0493. The van der Waals surface area contributed by atoms with Gasteiger partial charge in [0.25, 0.3) is 0 Å². The monoisotopic (exact) mass is 331 g/mol. The molecule has 3 rings (SSSR count). The smallest absolute Gasteiger partial charge is 0.240 e. The molecule has 0 saturated carbocycles. The Bertz CT molecular complexity index is 639. The van der Waals surface area contributed by atoms with Crippen molar-refractivity contribution < 1.29 is 4.79 Å². The number of rotatable bonds is 6. The summed E-state index contributed by atoms with van der Waals surface area (Å²) >= 11 is 1.95. The van der Waals surface area contributed by atoms with E-state index in [-0.39, 0.29) is 5.91 Å². The van der Waals surface area contributed by atoms with Gasteiger partial charge in [0.1, 0.15) is 6.33 Å². The second kappa shape index (κ2) is 7.61. The van der Waals surface area contributed by atoms with Gasteiger partial charge < -0.3 is 0 Å². The van der Waals surface area contributed by atoms with Crippen LogP contribution >= 0.6 is 11.8 Å². The van der Waals surface area contributed by atoms with Crippen molar-refractivity contribution in [3.8, 4) is 0 Å². The zero-order valence-corrected chi connectivity index (χ0v) is 14.0. The second-order valence-electron chi connectivity index (χ2n) is 5.75. The van der Waals surface area contributed by atoms with Crippen LogP contribution in [0.1, 0.15) is 12.0 Å². The molecule has 1 aromatic carbocycles. The fourth-order valence-electron chi connectivity index (χ4n) is 2.64. The molecule has 1 unspecified atom stereocenters. The summed E-state index contributed by atoms with van der Waals surface area (Å²) in [4.78, 5) is 14.4. The number of amides is 1. The van der Waals surface area contributed by atoms with E-state index in [4.69, 9.17) is 0 Å². The molecule has 2 heterocycles. The van der Waals surface area contributed by atoms with E-state index in [2.05, 4.69) is 20.4 Å². The zero-order chi connectivity index (χ0) is 16.1. The maximum absolute atomic E-state index is 12.2. The molecule has 0 spiro atoms. The van der Waals surface area contributed by atoms with Gasteiger partial charge in [-0.05, 0) is 24.8 Å². The largest absolute Gasteiger partial charge is 0.295 e. The Labute approximate surface area is 140 Å². The highest BCUT2D eigenvalue weighted by Gasteiger charge is 2.22. The first-order valence-electron chi connectivity index (χ1n) is 7.72. The van der Waals surface area contributed by atoms with E-state index in [0.717, 1.165) is 17.7 Å². The quantitative estimate of drug-likeness (QED) is 0.873. The van der Waals surface area contributed by atoms with Crippen LogP contribution in [0.15, 0.2) is 36.7 Å². The molecule has 0 radical (unpaired) electrons. The number of likely N-dealkylation sites (N-methyl/N-ethyl adjacent to an activating group) is 1. The molecule has 6 nitrogen and oxygen atoms in total. The topological polar surface area (TPSA) is 63.1 Å². The van der Waals surface area contributed by atoms with E-state index >= 15 is 0 Å². The van der Waals surface area contributed by atoms with Crippen molar-refractivity contribution in [3.63, 3.8) is 0 Å². The summed E-state index contributed by atoms with van der Waals surface area (Å²) in [6.07, 6.45) is 2.79. The molecule has 0 aliphatic carbocycles. The molecule has 1 amide bonds. The molecular formula is C16H21N5OS. The molecule has 1 atom stereocenters. The maximum Gasteiger partial charge on any atom is 0.240 e. The normalized spacial score (nSPS) is 17.6. The van der Waals surface area contributed by atoms with Crippen molar-refractivity contribution in [2.75, 3.05) is 30.4 Å². The first-order chi connectivity index (χ1) is 11.2. The Morgan fingerprint density at radius 1 is 1.43 bits per heavy atom. The molecular weight excluding hydrogens is 310 g/mol. The number of carbonyl (C=O) groups excluding carboxylic acids is 1. The zero-order valence-electron chi connectivity index (χ0n) is 13.2. The number of carbonyl (C=O) groups is 1. The van der Waals surface area contributed by atoms with Gasteiger partial charge >= 0.3 is 0 Å². The van der Waals surface area contributed by atoms with E-state index in [0.29, 0.717) is 25.1 Å². The minimum atomic E-state index is -0.0493. The van der Waals surface area contributed by atoms with Crippen molar-refractivity contribution >= 4 is 23.6 Å². The number of nitrogens with one attached hydrogen (secondary N) is 1. The van der Waals surface area contributed by atoms with Gasteiger partial charge in [-0.25, -0.2) is 0 Å². The van der Waals surface area contributed by atoms with Crippen LogP contribution in [0.3, 0.4) is 0 Å². The summed E-state index contributed by atoms with van der Waals surface area (Å²) < 4.78 is 1.85. The van der Waals surface area contributed by atoms with Crippen LogP contribution in [0.5, 0.6) is 0 Å². The average Bonchev–Trinajstić information content (AvgIpc) is 3.21. The van der Waals surface area contributed by atoms with Crippen LogP contribution in [0.2, 0.25) is 0 Å². The summed E-state index contributed by atoms with van der Waals surface area (Å²) in [5, 5.41) is 10.8. The van der Waals surface area contributed by atoms with Crippen LogP contribution in [0.4, 0.5) is 5.95 Å². The molecule has 1 aromatic heterocycles. The van der Waals surface area contributed by atoms with E-state index < -0.39 is 0 Å². The van der Waals surface area contributed by atoms with Gasteiger partial charge in [-0.15, -0.1) is 10.2 Å². The lowest BCUT2D eigenvalue weighted by Gasteiger charge is -2.22. The van der Waals surface area contributed by atoms with E-state index in [9.17, 15) is 4.79 Å². The second-order valence-corrected chi connectivity index (χ2v) is 6.90.